The van der Waals surface area contributed by atoms with E-state index in [1.807, 2.05) is 19.1 Å². The van der Waals surface area contributed by atoms with E-state index in [1.54, 1.807) is 12.1 Å². The van der Waals surface area contributed by atoms with Gasteiger partial charge in [-0.3, -0.25) is 0 Å². The van der Waals surface area contributed by atoms with Gasteiger partial charge < -0.3 is 4.74 Å². The van der Waals surface area contributed by atoms with Crippen LogP contribution >= 0.6 is 15.9 Å². The van der Waals surface area contributed by atoms with Crippen LogP contribution in [0.5, 0.6) is 0 Å². The van der Waals surface area contributed by atoms with Crippen molar-refractivity contribution in [3.63, 3.8) is 0 Å². The first-order valence-corrected chi connectivity index (χ1v) is 8.34. The SMILES string of the molecule is Cc1ccc(S(=O)(=O)N2CCOC(CBr)C2)cc1. The first-order valence-electron chi connectivity index (χ1n) is 5.78. The van der Waals surface area contributed by atoms with Crippen LogP contribution in [0.2, 0.25) is 0 Å². The fraction of sp³-hybridized carbons (Fsp3) is 0.500. The molecule has 4 nitrogen and oxygen atoms in total. The van der Waals surface area contributed by atoms with Gasteiger partial charge in [0.1, 0.15) is 0 Å². The van der Waals surface area contributed by atoms with Crippen LogP contribution in [0, 0.1) is 6.92 Å². The number of sulfonamides is 1. The Morgan fingerprint density at radius 3 is 2.67 bits per heavy atom. The second-order valence-electron chi connectivity index (χ2n) is 4.32. The van der Waals surface area contributed by atoms with Gasteiger partial charge in [-0.1, -0.05) is 33.6 Å². The molecule has 100 valence electrons. The van der Waals surface area contributed by atoms with Gasteiger partial charge in [0.25, 0.3) is 0 Å². The molecule has 6 heteroatoms. The zero-order valence-electron chi connectivity index (χ0n) is 10.2. The molecule has 1 fully saturated rings. The Balaban J connectivity index is 2.22. The van der Waals surface area contributed by atoms with E-state index in [9.17, 15) is 8.42 Å². The van der Waals surface area contributed by atoms with Gasteiger partial charge in [0.2, 0.25) is 10.0 Å². The summed E-state index contributed by atoms with van der Waals surface area (Å²) in [5.74, 6) is 0. The van der Waals surface area contributed by atoms with Crippen molar-refractivity contribution in [2.75, 3.05) is 25.0 Å². The third kappa shape index (κ3) is 2.93. The molecule has 0 aliphatic carbocycles. The quantitative estimate of drug-likeness (QED) is 0.792. The Labute approximate surface area is 116 Å². The summed E-state index contributed by atoms with van der Waals surface area (Å²) in [6.45, 7) is 3.20. The second kappa shape index (κ2) is 5.69. The van der Waals surface area contributed by atoms with Gasteiger partial charge in [-0.25, -0.2) is 8.42 Å². The molecule has 1 saturated heterocycles. The number of nitrogens with zero attached hydrogens (tertiary/aromatic N) is 1. The highest BCUT2D eigenvalue weighted by Crippen LogP contribution is 2.19. The van der Waals surface area contributed by atoms with Crippen molar-refractivity contribution in [3.05, 3.63) is 29.8 Å². The predicted octanol–water partition coefficient (Wildman–Crippen LogP) is 1.78. The highest BCUT2D eigenvalue weighted by molar-refractivity contribution is 9.09. The van der Waals surface area contributed by atoms with Crippen molar-refractivity contribution in [1.29, 1.82) is 0 Å². The van der Waals surface area contributed by atoms with Gasteiger partial charge in [0.05, 0.1) is 17.6 Å². The fourth-order valence-electron chi connectivity index (χ4n) is 1.86. The molecule has 2 rings (SSSR count). The third-order valence-electron chi connectivity index (χ3n) is 2.93. The summed E-state index contributed by atoms with van der Waals surface area (Å²) in [5, 5.41) is 0.646. The summed E-state index contributed by atoms with van der Waals surface area (Å²) in [4.78, 5) is 0.350. The standard InChI is InChI=1S/C12H16BrNO3S/c1-10-2-4-12(5-3-10)18(15,16)14-6-7-17-11(8-13)9-14/h2-5,11H,6-9H2,1H3. The maximum atomic E-state index is 12.4. The Kier molecular flexibility index (Phi) is 4.42. The summed E-state index contributed by atoms with van der Waals surface area (Å²) >= 11 is 3.32. The maximum absolute atomic E-state index is 12.4. The van der Waals surface area contributed by atoms with Gasteiger partial charge in [0, 0.05) is 18.4 Å². The predicted molar refractivity (Wildman–Crippen MR) is 73.5 cm³/mol. The van der Waals surface area contributed by atoms with Crippen molar-refractivity contribution in [3.8, 4) is 0 Å². The number of aryl methyl sites for hydroxylation is 1. The number of rotatable bonds is 3. The van der Waals surface area contributed by atoms with E-state index in [0.717, 1.165) is 5.56 Å². The molecule has 1 heterocycles. The lowest BCUT2D eigenvalue weighted by Crippen LogP contribution is -2.46. The van der Waals surface area contributed by atoms with Crippen molar-refractivity contribution < 1.29 is 13.2 Å². The first kappa shape index (κ1) is 14.0. The largest absolute Gasteiger partial charge is 0.375 e. The number of hydrogen-bond donors (Lipinski definition) is 0. The van der Waals surface area contributed by atoms with Crippen LogP contribution < -0.4 is 0 Å². The second-order valence-corrected chi connectivity index (χ2v) is 6.91. The molecule has 0 aromatic heterocycles. The minimum Gasteiger partial charge on any atom is -0.375 e. The molecule has 18 heavy (non-hydrogen) atoms. The molecule has 0 saturated carbocycles. The Hall–Kier alpha value is -0.430. The van der Waals surface area contributed by atoms with E-state index in [1.165, 1.54) is 4.31 Å². The van der Waals surface area contributed by atoms with E-state index in [4.69, 9.17) is 4.74 Å². The minimum absolute atomic E-state index is 0.0704. The Bertz CT molecular complexity index is 501. The summed E-state index contributed by atoms with van der Waals surface area (Å²) in [6.07, 6.45) is -0.0704. The van der Waals surface area contributed by atoms with Gasteiger partial charge in [-0.05, 0) is 19.1 Å². The molecule has 1 aliphatic rings. The lowest BCUT2D eigenvalue weighted by atomic mass is 10.2. The third-order valence-corrected chi connectivity index (χ3v) is 5.53. The average molecular weight is 334 g/mol. The normalized spacial score (nSPS) is 22.0. The van der Waals surface area contributed by atoms with Crippen molar-refractivity contribution in [2.24, 2.45) is 0 Å². The molecular weight excluding hydrogens is 318 g/mol. The lowest BCUT2D eigenvalue weighted by molar-refractivity contribution is 0.0136. The molecule has 0 radical (unpaired) electrons. The molecule has 0 bridgehead atoms. The van der Waals surface area contributed by atoms with Crippen LogP contribution in [0.3, 0.4) is 0 Å². The molecule has 1 aromatic carbocycles. The van der Waals surface area contributed by atoms with Gasteiger partial charge >= 0.3 is 0 Å². The highest BCUT2D eigenvalue weighted by Gasteiger charge is 2.30. The summed E-state index contributed by atoms with van der Waals surface area (Å²) in [7, 11) is -3.39. The number of benzene rings is 1. The van der Waals surface area contributed by atoms with Crippen LogP contribution in [0.15, 0.2) is 29.2 Å². The minimum atomic E-state index is -3.39. The summed E-state index contributed by atoms with van der Waals surface area (Å²) in [6, 6.07) is 6.94. The lowest BCUT2D eigenvalue weighted by Gasteiger charge is -2.31. The number of halogens is 1. The van der Waals surface area contributed by atoms with E-state index in [-0.39, 0.29) is 6.10 Å². The average Bonchev–Trinajstić information content (AvgIpc) is 2.39. The van der Waals surface area contributed by atoms with Gasteiger partial charge in [-0.15, -0.1) is 0 Å². The van der Waals surface area contributed by atoms with E-state index < -0.39 is 10.0 Å². The van der Waals surface area contributed by atoms with Crippen molar-refractivity contribution in [2.45, 2.75) is 17.9 Å². The van der Waals surface area contributed by atoms with Crippen LogP contribution in [0.4, 0.5) is 0 Å². The van der Waals surface area contributed by atoms with Crippen LogP contribution in [0.1, 0.15) is 5.56 Å². The van der Waals surface area contributed by atoms with Crippen LogP contribution in [-0.4, -0.2) is 43.9 Å². The van der Waals surface area contributed by atoms with Gasteiger partial charge in [-0.2, -0.15) is 4.31 Å². The molecular formula is C12H16BrNO3S. The smallest absolute Gasteiger partial charge is 0.243 e. The number of morpholine rings is 1. The zero-order valence-corrected chi connectivity index (χ0v) is 12.6. The van der Waals surface area contributed by atoms with E-state index in [2.05, 4.69) is 15.9 Å². The zero-order chi connectivity index (χ0) is 13.2. The van der Waals surface area contributed by atoms with E-state index >= 15 is 0 Å². The molecule has 1 aromatic rings. The van der Waals surface area contributed by atoms with E-state index in [0.29, 0.717) is 29.9 Å². The molecule has 0 N–H and O–H groups in total. The van der Waals surface area contributed by atoms with Crippen molar-refractivity contribution >= 4 is 26.0 Å². The number of ether oxygens (including phenoxy) is 1. The molecule has 1 aliphatic heterocycles. The summed E-state index contributed by atoms with van der Waals surface area (Å²) in [5.41, 5.74) is 1.05. The maximum Gasteiger partial charge on any atom is 0.243 e. The number of alkyl halides is 1. The Morgan fingerprint density at radius 1 is 1.39 bits per heavy atom. The number of hydrogen-bond acceptors (Lipinski definition) is 3. The molecule has 0 spiro atoms. The monoisotopic (exact) mass is 333 g/mol. The van der Waals surface area contributed by atoms with Crippen LogP contribution in [-0.2, 0) is 14.8 Å². The fourth-order valence-corrected chi connectivity index (χ4v) is 3.71. The molecule has 1 unspecified atom stereocenters. The summed E-state index contributed by atoms with van der Waals surface area (Å²) < 4.78 is 31.8. The molecule has 1 atom stereocenters. The topological polar surface area (TPSA) is 46.6 Å². The van der Waals surface area contributed by atoms with Crippen molar-refractivity contribution in [1.82, 2.24) is 4.31 Å². The van der Waals surface area contributed by atoms with Gasteiger partial charge in [0.15, 0.2) is 0 Å². The molecule has 0 amide bonds. The Morgan fingerprint density at radius 2 is 2.06 bits per heavy atom. The first-order chi connectivity index (χ1) is 8.54. The van der Waals surface area contributed by atoms with Crippen LogP contribution in [0.25, 0.3) is 0 Å². The highest BCUT2D eigenvalue weighted by atomic mass is 79.9.